The third-order valence-corrected chi connectivity index (χ3v) is 6.57. The topological polar surface area (TPSA) is 63.0 Å². The van der Waals surface area contributed by atoms with E-state index in [9.17, 15) is 14.0 Å². The molecule has 1 saturated carbocycles. The quantitative estimate of drug-likeness (QED) is 0.559. The minimum Gasteiger partial charge on any atom is -0.464 e. The Labute approximate surface area is 194 Å². The molecule has 1 aliphatic heterocycles. The summed E-state index contributed by atoms with van der Waals surface area (Å²) in [6.07, 6.45) is 5.78. The third-order valence-electron chi connectivity index (χ3n) is 6.57. The van der Waals surface area contributed by atoms with Crippen molar-refractivity contribution in [2.45, 2.75) is 64.6 Å². The number of amides is 2. The second kappa shape index (κ2) is 11.0. The molecule has 1 unspecified atom stereocenters. The minimum atomic E-state index is -0.316. The van der Waals surface area contributed by atoms with E-state index in [1.807, 2.05) is 19.1 Å². The van der Waals surface area contributed by atoms with Crippen LogP contribution in [-0.4, -0.2) is 47.4 Å². The second-order valence-electron chi connectivity index (χ2n) is 9.22. The third kappa shape index (κ3) is 6.44. The van der Waals surface area contributed by atoms with Gasteiger partial charge in [-0.2, -0.15) is 0 Å². The van der Waals surface area contributed by atoms with Crippen molar-refractivity contribution in [2.24, 2.45) is 5.92 Å². The molecule has 33 heavy (non-hydrogen) atoms. The summed E-state index contributed by atoms with van der Waals surface area (Å²) in [5, 5.41) is 0. The van der Waals surface area contributed by atoms with Gasteiger partial charge < -0.3 is 19.0 Å². The van der Waals surface area contributed by atoms with Crippen LogP contribution in [0, 0.1) is 18.7 Å². The number of carbonyl (C=O) groups excluding carboxylic acids is 2. The lowest BCUT2D eigenvalue weighted by Crippen LogP contribution is -2.47. The first-order valence-corrected chi connectivity index (χ1v) is 12.0. The van der Waals surface area contributed by atoms with Gasteiger partial charge in [-0.15, -0.1) is 0 Å². The Hall–Kier alpha value is -2.67. The van der Waals surface area contributed by atoms with E-state index in [2.05, 4.69) is 0 Å². The molecule has 178 valence electrons. The van der Waals surface area contributed by atoms with Gasteiger partial charge in [0.1, 0.15) is 17.3 Å². The molecule has 2 fully saturated rings. The molecule has 6 nitrogen and oxygen atoms in total. The van der Waals surface area contributed by atoms with Crippen LogP contribution in [0.15, 0.2) is 40.8 Å². The molecule has 0 N–H and O–H groups in total. The zero-order chi connectivity index (χ0) is 23.2. The van der Waals surface area contributed by atoms with E-state index in [-0.39, 0.29) is 42.7 Å². The number of furan rings is 1. The van der Waals surface area contributed by atoms with Crippen LogP contribution in [0.4, 0.5) is 4.39 Å². The van der Waals surface area contributed by atoms with Gasteiger partial charge in [-0.3, -0.25) is 9.59 Å². The Morgan fingerprint density at radius 2 is 1.73 bits per heavy atom. The number of hydrogen-bond acceptors (Lipinski definition) is 4. The molecule has 2 heterocycles. The van der Waals surface area contributed by atoms with E-state index in [0.29, 0.717) is 25.5 Å². The number of aryl methyl sites for hydroxylation is 1. The molecule has 1 aromatic heterocycles. The van der Waals surface area contributed by atoms with Gasteiger partial charge in [-0.05, 0) is 62.4 Å². The molecule has 2 amide bonds. The normalized spacial score (nSPS) is 18.5. The highest BCUT2D eigenvalue weighted by atomic mass is 19.1. The van der Waals surface area contributed by atoms with Crippen molar-refractivity contribution in [2.75, 3.05) is 19.7 Å². The molecule has 2 aliphatic rings. The van der Waals surface area contributed by atoms with Crippen molar-refractivity contribution in [3.8, 4) is 0 Å². The van der Waals surface area contributed by atoms with Gasteiger partial charge >= 0.3 is 0 Å². The molecule has 1 saturated heterocycles. The van der Waals surface area contributed by atoms with Gasteiger partial charge in [0, 0.05) is 25.6 Å². The van der Waals surface area contributed by atoms with Crippen molar-refractivity contribution in [1.82, 2.24) is 9.80 Å². The van der Waals surface area contributed by atoms with E-state index < -0.39 is 0 Å². The van der Waals surface area contributed by atoms with Crippen molar-refractivity contribution < 1.29 is 23.1 Å². The zero-order valence-electron chi connectivity index (χ0n) is 19.3. The predicted molar refractivity (Wildman–Crippen MR) is 122 cm³/mol. The maximum Gasteiger partial charge on any atom is 0.242 e. The van der Waals surface area contributed by atoms with Gasteiger partial charge in [0.15, 0.2) is 0 Å². The molecule has 1 aromatic carbocycles. The summed E-state index contributed by atoms with van der Waals surface area (Å²) in [6, 6.07) is 9.86. The predicted octanol–water partition coefficient (Wildman–Crippen LogP) is 4.45. The lowest BCUT2D eigenvalue weighted by molar-refractivity contribution is -0.145. The summed E-state index contributed by atoms with van der Waals surface area (Å²) in [6.45, 7) is 3.62. The molecule has 7 heteroatoms. The highest BCUT2D eigenvalue weighted by molar-refractivity contribution is 5.86. The smallest absolute Gasteiger partial charge is 0.242 e. The summed E-state index contributed by atoms with van der Waals surface area (Å²) >= 11 is 0. The molecular formula is C26H33FN2O4. The maximum atomic E-state index is 13.5. The molecule has 0 spiro atoms. The fourth-order valence-corrected chi connectivity index (χ4v) is 4.76. The van der Waals surface area contributed by atoms with E-state index in [1.54, 1.807) is 21.9 Å². The summed E-state index contributed by atoms with van der Waals surface area (Å²) in [5.74, 6) is 1.04. The highest BCUT2D eigenvalue weighted by Gasteiger charge is 2.32. The van der Waals surface area contributed by atoms with E-state index >= 15 is 0 Å². The number of ether oxygens (including phenoxy) is 1. The lowest BCUT2D eigenvalue weighted by atomic mass is 10.1. The van der Waals surface area contributed by atoms with Crippen LogP contribution in [0.5, 0.6) is 0 Å². The molecule has 4 rings (SSSR count). The van der Waals surface area contributed by atoms with Crippen LogP contribution < -0.4 is 0 Å². The molecule has 0 bridgehead atoms. The molecule has 1 atom stereocenters. The van der Waals surface area contributed by atoms with Crippen molar-refractivity contribution >= 4 is 11.8 Å². The number of hydrogen-bond donors (Lipinski definition) is 0. The van der Waals surface area contributed by atoms with Crippen LogP contribution in [0.2, 0.25) is 0 Å². The van der Waals surface area contributed by atoms with Crippen molar-refractivity contribution in [1.29, 1.82) is 0 Å². The molecular weight excluding hydrogens is 423 g/mol. The van der Waals surface area contributed by atoms with E-state index in [0.717, 1.165) is 49.8 Å². The largest absolute Gasteiger partial charge is 0.464 e. The Balaban J connectivity index is 1.50. The van der Waals surface area contributed by atoms with Crippen LogP contribution in [0.3, 0.4) is 0 Å². The Bertz CT molecular complexity index is 930. The fourth-order valence-electron chi connectivity index (χ4n) is 4.76. The summed E-state index contributed by atoms with van der Waals surface area (Å²) in [7, 11) is 0. The Kier molecular flexibility index (Phi) is 7.81. The fraction of sp³-hybridized carbons (Fsp3) is 0.538. The Morgan fingerprint density at radius 1 is 0.970 bits per heavy atom. The second-order valence-corrected chi connectivity index (χ2v) is 9.22. The number of benzene rings is 1. The number of rotatable bonds is 9. The standard InChI is InChI=1S/C26H33FN2O4/c1-19-8-13-24(33-19)17-28(15-20-9-11-22(27)12-10-20)25(30)18-29(16-23-7-4-14-32-23)26(31)21-5-2-3-6-21/h8-13,21,23H,2-7,14-18H2,1H3. The average Bonchev–Trinajstić information content (AvgIpc) is 3.57. The van der Waals surface area contributed by atoms with Crippen molar-refractivity contribution in [3.05, 3.63) is 59.3 Å². The highest BCUT2D eigenvalue weighted by Crippen LogP contribution is 2.27. The minimum absolute atomic E-state index is 0.00234. The first-order chi connectivity index (χ1) is 16.0. The van der Waals surface area contributed by atoms with Gasteiger partial charge in [-0.25, -0.2) is 4.39 Å². The van der Waals surface area contributed by atoms with Crippen LogP contribution in [-0.2, 0) is 27.4 Å². The Morgan fingerprint density at radius 3 is 2.36 bits per heavy atom. The molecule has 2 aromatic rings. The first kappa shape index (κ1) is 23.5. The molecule has 1 aliphatic carbocycles. The zero-order valence-corrected chi connectivity index (χ0v) is 19.3. The summed E-state index contributed by atoms with van der Waals surface area (Å²) in [5.41, 5.74) is 0.820. The number of halogens is 1. The van der Waals surface area contributed by atoms with Crippen LogP contribution in [0.1, 0.15) is 55.6 Å². The first-order valence-electron chi connectivity index (χ1n) is 12.0. The number of carbonyl (C=O) groups is 2. The summed E-state index contributed by atoms with van der Waals surface area (Å²) in [4.78, 5) is 30.2. The van der Waals surface area contributed by atoms with E-state index in [4.69, 9.17) is 9.15 Å². The van der Waals surface area contributed by atoms with Crippen molar-refractivity contribution in [3.63, 3.8) is 0 Å². The summed E-state index contributed by atoms with van der Waals surface area (Å²) < 4.78 is 24.9. The SMILES string of the molecule is Cc1ccc(CN(Cc2ccc(F)cc2)C(=O)CN(CC2CCCO2)C(=O)C2CCCC2)o1. The van der Waals surface area contributed by atoms with Gasteiger partial charge in [0.05, 0.1) is 19.2 Å². The van der Waals surface area contributed by atoms with Gasteiger partial charge in [0.25, 0.3) is 0 Å². The molecule has 0 radical (unpaired) electrons. The number of nitrogens with zero attached hydrogens (tertiary/aromatic N) is 2. The van der Waals surface area contributed by atoms with Crippen LogP contribution in [0.25, 0.3) is 0 Å². The average molecular weight is 457 g/mol. The maximum absolute atomic E-state index is 13.5. The lowest BCUT2D eigenvalue weighted by Gasteiger charge is -2.30. The van der Waals surface area contributed by atoms with Gasteiger partial charge in [0.2, 0.25) is 11.8 Å². The van der Waals surface area contributed by atoms with Gasteiger partial charge in [-0.1, -0.05) is 25.0 Å². The monoisotopic (exact) mass is 456 g/mol. The van der Waals surface area contributed by atoms with E-state index in [1.165, 1.54) is 12.1 Å². The van der Waals surface area contributed by atoms with Crippen LogP contribution >= 0.6 is 0 Å².